The smallest absolute Gasteiger partial charge is 0.343 e. The van der Waals surface area contributed by atoms with Gasteiger partial charge in [-0.3, -0.25) is 9.59 Å². The molecule has 2 amide bonds. The number of hydrazone groups is 1. The molecular weight excluding hydrogens is 546 g/mol. The second-order valence-corrected chi connectivity index (χ2v) is 9.46. The third-order valence-corrected chi connectivity index (χ3v) is 5.99. The number of anilines is 1. The largest absolute Gasteiger partial charge is 0.422 e. The molecule has 190 valence electrons. The molecule has 0 radical (unpaired) electrons. The monoisotopic (exact) mass is 569 g/mol. The van der Waals surface area contributed by atoms with Gasteiger partial charge in [0.05, 0.1) is 11.8 Å². The zero-order chi connectivity index (χ0) is 27.1. The third kappa shape index (κ3) is 7.02. The second-order valence-electron chi connectivity index (χ2n) is 8.54. The number of ether oxygens (including phenoxy) is 1. The van der Waals surface area contributed by atoms with E-state index in [9.17, 15) is 14.4 Å². The van der Waals surface area contributed by atoms with Crippen LogP contribution in [0.2, 0.25) is 0 Å². The van der Waals surface area contributed by atoms with Crippen molar-refractivity contribution in [2.75, 3.05) is 5.32 Å². The first-order chi connectivity index (χ1) is 18.3. The maximum Gasteiger partial charge on any atom is 0.343 e. The first kappa shape index (κ1) is 26.5. The molecule has 8 heteroatoms. The molecule has 0 aliphatic rings. The van der Waals surface area contributed by atoms with Gasteiger partial charge in [0.25, 0.3) is 11.8 Å². The van der Waals surface area contributed by atoms with Gasteiger partial charge in [-0.15, -0.1) is 0 Å². The van der Waals surface area contributed by atoms with E-state index in [1.807, 2.05) is 38.1 Å². The summed E-state index contributed by atoms with van der Waals surface area (Å²) in [7, 11) is 0. The van der Waals surface area contributed by atoms with E-state index in [0.29, 0.717) is 27.9 Å². The van der Waals surface area contributed by atoms with Gasteiger partial charge in [-0.25, -0.2) is 10.2 Å². The van der Waals surface area contributed by atoms with Crippen LogP contribution in [0, 0.1) is 13.8 Å². The molecule has 4 aromatic rings. The second kappa shape index (κ2) is 12.1. The Labute approximate surface area is 228 Å². The van der Waals surface area contributed by atoms with Crippen molar-refractivity contribution >= 4 is 45.6 Å². The Morgan fingerprint density at radius 3 is 2.21 bits per heavy atom. The van der Waals surface area contributed by atoms with Crippen molar-refractivity contribution in [1.29, 1.82) is 0 Å². The van der Waals surface area contributed by atoms with Crippen molar-refractivity contribution < 1.29 is 19.1 Å². The van der Waals surface area contributed by atoms with Gasteiger partial charge in [-0.05, 0) is 74.5 Å². The number of carbonyl (C=O) groups is 3. The van der Waals surface area contributed by atoms with E-state index in [2.05, 4.69) is 31.8 Å². The van der Waals surface area contributed by atoms with Crippen LogP contribution in [0.4, 0.5) is 5.69 Å². The fourth-order valence-electron chi connectivity index (χ4n) is 3.51. The maximum atomic E-state index is 12.7. The summed E-state index contributed by atoms with van der Waals surface area (Å²) >= 11 is 3.40. The highest BCUT2D eigenvalue weighted by molar-refractivity contribution is 9.10. The van der Waals surface area contributed by atoms with Gasteiger partial charge >= 0.3 is 5.97 Å². The summed E-state index contributed by atoms with van der Waals surface area (Å²) in [6.45, 7) is 3.85. The Bertz CT molecular complexity index is 1530. The van der Waals surface area contributed by atoms with E-state index in [1.54, 1.807) is 66.7 Å². The number of carbonyl (C=O) groups excluding carboxylic acids is 3. The molecule has 0 spiro atoms. The van der Waals surface area contributed by atoms with Crippen molar-refractivity contribution in [2.24, 2.45) is 5.10 Å². The van der Waals surface area contributed by atoms with Crippen LogP contribution >= 0.6 is 15.9 Å². The highest BCUT2D eigenvalue weighted by Crippen LogP contribution is 2.23. The maximum absolute atomic E-state index is 12.7. The lowest BCUT2D eigenvalue weighted by Gasteiger charge is -2.09. The van der Waals surface area contributed by atoms with Crippen LogP contribution in [-0.4, -0.2) is 24.0 Å². The van der Waals surface area contributed by atoms with E-state index < -0.39 is 11.9 Å². The first-order valence-electron chi connectivity index (χ1n) is 11.7. The fourth-order valence-corrected chi connectivity index (χ4v) is 3.89. The predicted molar refractivity (Wildman–Crippen MR) is 151 cm³/mol. The lowest BCUT2D eigenvalue weighted by Crippen LogP contribution is -2.18. The van der Waals surface area contributed by atoms with Gasteiger partial charge in [-0.2, -0.15) is 5.10 Å². The molecule has 0 aliphatic carbocycles. The number of hydrogen-bond donors (Lipinski definition) is 2. The molecule has 0 saturated heterocycles. The number of nitrogens with one attached hydrogen (secondary N) is 2. The molecule has 0 aliphatic heterocycles. The highest BCUT2D eigenvalue weighted by atomic mass is 79.9. The average molecular weight is 570 g/mol. The fraction of sp³-hybridized carbons (Fsp3) is 0.0667. The summed E-state index contributed by atoms with van der Waals surface area (Å²) in [5.41, 5.74) is 6.69. The van der Waals surface area contributed by atoms with Gasteiger partial charge in [0.15, 0.2) is 0 Å². The number of rotatable bonds is 7. The zero-order valence-corrected chi connectivity index (χ0v) is 22.3. The number of nitrogens with zero attached hydrogens (tertiary/aromatic N) is 1. The Balaban J connectivity index is 1.43. The van der Waals surface area contributed by atoms with E-state index in [0.717, 1.165) is 15.6 Å². The molecule has 0 atom stereocenters. The van der Waals surface area contributed by atoms with Gasteiger partial charge in [-0.1, -0.05) is 57.4 Å². The normalized spacial score (nSPS) is 10.7. The molecule has 0 bridgehead atoms. The topological polar surface area (TPSA) is 96.9 Å². The summed E-state index contributed by atoms with van der Waals surface area (Å²) in [5.74, 6) is -0.957. The first-order valence-corrected chi connectivity index (χ1v) is 12.5. The Morgan fingerprint density at radius 2 is 1.47 bits per heavy atom. The van der Waals surface area contributed by atoms with Crippen molar-refractivity contribution in [3.63, 3.8) is 0 Å². The van der Waals surface area contributed by atoms with E-state index in [-0.39, 0.29) is 11.7 Å². The molecule has 0 heterocycles. The minimum atomic E-state index is -0.504. The molecule has 4 aromatic carbocycles. The predicted octanol–water partition coefficient (Wildman–Crippen LogP) is 6.30. The summed E-state index contributed by atoms with van der Waals surface area (Å²) < 4.78 is 6.31. The van der Waals surface area contributed by atoms with Crippen molar-refractivity contribution in [1.82, 2.24) is 5.43 Å². The number of amides is 2. The van der Waals surface area contributed by atoms with Crippen LogP contribution in [-0.2, 0) is 0 Å². The van der Waals surface area contributed by atoms with Crippen LogP contribution in [0.5, 0.6) is 5.75 Å². The van der Waals surface area contributed by atoms with Gasteiger partial charge < -0.3 is 10.1 Å². The average Bonchev–Trinajstić information content (AvgIpc) is 2.90. The summed E-state index contributed by atoms with van der Waals surface area (Å²) in [5, 5.41) is 6.84. The highest BCUT2D eigenvalue weighted by Gasteiger charge is 2.12. The molecule has 38 heavy (non-hydrogen) atoms. The molecule has 7 nitrogen and oxygen atoms in total. The Morgan fingerprint density at radius 1 is 0.763 bits per heavy atom. The number of esters is 1. The van der Waals surface area contributed by atoms with E-state index in [4.69, 9.17) is 4.74 Å². The summed E-state index contributed by atoms with van der Waals surface area (Å²) in [6.07, 6.45) is 1.39. The molecule has 0 fully saturated rings. The SMILES string of the molecule is Cc1ccc(C(=O)Oc2ccc(Br)cc2C=NNC(=O)c2cccc(NC(=O)c3cccc(C)c3)c2)cc1. The molecular formula is C30H24BrN3O4. The van der Waals surface area contributed by atoms with Crippen molar-refractivity contribution in [3.05, 3.63) is 129 Å². The standard InChI is InChI=1S/C30H24BrN3O4/c1-19-9-11-21(12-10-19)30(37)38-27-14-13-25(31)16-24(27)18-32-34-29(36)23-7-4-8-26(17-23)33-28(35)22-6-3-5-20(2)15-22/h3-18H,1-2H3,(H,33,35)(H,34,36). The number of benzene rings is 4. The number of hydrogen-bond acceptors (Lipinski definition) is 5. The van der Waals surface area contributed by atoms with Crippen LogP contribution in [0.3, 0.4) is 0 Å². The third-order valence-electron chi connectivity index (χ3n) is 5.49. The summed E-state index contributed by atoms with van der Waals surface area (Å²) in [6, 6.07) is 25.9. The molecule has 2 N–H and O–H groups in total. The van der Waals surface area contributed by atoms with Crippen molar-refractivity contribution in [2.45, 2.75) is 13.8 Å². The van der Waals surface area contributed by atoms with Crippen LogP contribution in [0.15, 0.2) is 101 Å². The van der Waals surface area contributed by atoms with Gasteiger partial charge in [0, 0.05) is 26.9 Å². The van der Waals surface area contributed by atoms with Crippen LogP contribution in [0.1, 0.15) is 47.8 Å². The van der Waals surface area contributed by atoms with E-state index >= 15 is 0 Å². The quantitative estimate of drug-likeness (QED) is 0.118. The number of halogens is 1. The lowest BCUT2D eigenvalue weighted by atomic mass is 10.1. The van der Waals surface area contributed by atoms with Crippen LogP contribution in [0.25, 0.3) is 0 Å². The molecule has 0 aromatic heterocycles. The zero-order valence-electron chi connectivity index (χ0n) is 20.7. The molecule has 4 rings (SSSR count). The van der Waals surface area contributed by atoms with Gasteiger partial charge in [0.2, 0.25) is 0 Å². The minimum Gasteiger partial charge on any atom is -0.422 e. The minimum absolute atomic E-state index is 0.272. The Hall–Kier alpha value is -4.56. The molecule has 0 unspecified atom stereocenters. The summed E-state index contributed by atoms with van der Waals surface area (Å²) in [4.78, 5) is 37.8. The van der Waals surface area contributed by atoms with E-state index in [1.165, 1.54) is 6.21 Å². The Kier molecular flexibility index (Phi) is 8.45. The van der Waals surface area contributed by atoms with Gasteiger partial charge in [0.1, 0.15) is 5.75 Å². The molecule has 0 saturated carbocycles. The lowest BCUT2D eigenvalue weighted by molar-refractivity contribution is 0.0734. The van der Waals surface area contributed by atoms with Crippen molar-refractivity contribution in [3.8, 4) is 5.75 Å². The number of aryl methyl sites for hydroxylation is 2. The van der Waals surface area contributed by atoms with Crippen LogP contribution < -0.4 is 15.5 Å².